The van der Waals surface area contributed by atoms with Crippen LogP contribution in [0.2, 0.25) is 0 Å². The van der Waals surface area contributed by atoms with Crippen molar-refractivity contribution in [3.05, 3.63) is 59.4 Å². The van der Waals surface area contributed by atoms with E-state index in [0.717, 1.165) is 29.8 Å². The molecule has 1 amide bonds. The van der Waals surface area contributed by atoms with Gasteiger partial charge in [-0.1, -0.05) is 51.1 Å². The predicted octanol–water partition coefficient (Wildman–Crippen LogP) is 5.65. The van der Waals surface area contributed by atoms with Crippen molar-refractivity contribution in [3.8, 4) is 0 Å². The van der Waals surface area contributed by atoms with Crippen LogP contribution in [0.25, 0.3) is 0 Å². The summed E-state index contributed by atoms with van der Waals surface area (Å²) in [5.41, 5.74) is 2.47. The zero-order valence-corrected chi connectivity index (χ0v) is 18.7. The number of amides is 1. The van der Waals surface area contributed by atoms with Crippen LogP contribution in [0.3, 0.4) is 0 Å². The highest BCUT2D eigenvalue weighted by Gasteiger charge is 2.31. The monoisotopic (exact) mass is 412 g/mol. The quantitative estimate of drug-likeness (QED) is 0.705. The Labute approximate surface area is 179 Å². The molecule has 0 saturated carbocycles. The standard InChI is InChI=1S/C25H33FN2O2/c1-18-15-20(16-21(26)23(18)27-22(29)17-24(2,3)4)28-12-11-25(5,30-14-13-28)19-9-7-6-8-10-19/h6-10,15-16H,11-14,17H2,1-5H3,(H,27,29)/t25-/m0/s1. The van der Waals surface area contributed by atoms with Gasteiger partial charge in [-0.3, -0.25) is 4.79 Å². The Bertz CT molecular complexity index is 869. The van der Waals surface area contributed by atoms with Crippen LogP contribution in [0.15, 0.2) is 42.5 Å². The molecule has 1 saturated heterocycles. The average Bonchev–Trinajstić information content (AvgIpc) is 2.87. The molecule has 3 rings (SSSR count). The summed E-state index contributed by atoms with van der Waals surface area (Å²) in [5.74, 6) is -0.567. The van der Waals surface area contributed by atoms with Crippen molar-refractivity contribution in [1.29, 1.82) is 0 Å². The molecule has 162 valence electrons. The summed E-state index contributed by atoms with van der Waals surface area (Å²) < 4.78 is 21.1. The van der Waals surface area contributed by atoms with Crippen LogP contribution in [0, 0.1) is 18.2 Å². The maximum absolute atomic E-state index is 14.9. The van der Waals surface area contributed by atoms with E-state index in [1.54, 1.807) is 0 Å². The zero-order chi connectivity index (χ0) is 21.9. The van der Waals surface area contributed by atoms with Gasteiger partial charge in [-0.05, 0) is 48.9 Å². The summed E-state index contributed by atoms with van der Waals surface area (Å²) in [7, 11) is 0. The van der Waals surface area contributed by atoms with E-state index in [9.17, 15) is 9.18 Å². The van der Waals surface area contributed by atoms with Crippen LogP contribution < -0.4 is 10.2 Å². The topological polar surface area (TPSA) is 41.6 Å². The summed E-state index contributed by atoms with van der Waals surface area (Å²) in [6.07, 6.45) is 1.15. The Hall–Kier alpha value is -2.40. The maximum atomic E-state index is 14.9. The Morgan fingerprint density at radius 1 is 1.20 bits per heavy atom. The van der Waals surface area contributed by atoms with Gasteiger partial charge in [-0.25, -0.2) is 4.39 Å². The van der Waals surface area contributed by atoms with Crippen molar-refractivity contribution in [2.45, 2.75) is 53.1 Å². The molecule has 1 aliphatic rings. The second kappa shape index (κ2) is 8.76. The van der Waals surface area contributed by atoms with Crippen molar-refractivity contribution in [3.63, 3.8) is 0 Å². The fourth-order valence-corrected chi connectivity index (χ4v) is 3.92. The molecule has 0 bridgehead atoms. The first-order valence-electron chi connectivity index (χ1n) is 10.6. The number of carbonyl (C=O) groups is 1. The molecular weight excluding hydrogens is 379 g/mol. The highest BCUT2D eigenvalue weighted by Crippen LogP contribution is 2.34. The Morgan fingerprint density at radius 2 is 1.90 bits per heavy atom. The Balaban J connectivity index is 1.74. The molecule has 1 aliphatic heterocycles. The molecule has 1 heterocycles. The van der Waals surface area contributed by atoms with E-state index >= 15 is 0 Å². The third-order valence-corrected chi connectivity index (χ3v) is 5.62. The number of halogens is 1. The van der Waals surface area contributed by atoms with E-state index in [2.05, 4.69) is 29.3 Å². The van der Waals surface area contributed by atoms with E-state index in [0.29, 0.717) is 19.6 Å². The highest BCUT2D eigenvalue weighted by atomic mass is 19.1. The van der Waals surface area contributed by atoms with Crippen molar-refractivity contribution in [2.24, 2.45) is 5.41 Å². The van der Waals surface area contributed by atoms with Gasteiger partial charge in [0.2, 0.25) is 5.91 Å². The number of benzene rings is 2. The molecule has 0 aliphatic carbocycles. The lowest BCUT2D eigenvalue weighted by molar-refractivity contribution is -0.117. The number of nitrogens with zero attached hydrogens (tertiary/aromatic N) is 1. The number of rotatable bonds is 4. The number of hydrogen-bond acceptors (Lipinski definition) is 3. The van der Waals surface area contributed by atoms with Gasteiger partial charge in [0.25, 0.3) is 0 Å². The molecule has 1 fully saturated rings. The van der Waals surface area contributed by atoms with Crippen molar-refractivity contribution < 1.29 is 13.9 Å². The highest BCUT2D eigenvalue weighted by molar-refractivity contribution is 5.92. The Morgan fingerprint density at radius 3 is 2.53 bits per heavy atom. The SMILES string of the molecule is Cc1cc(N2CCO[C@](C)(c3ccccc3)CC2)cc(F)c1NC(=O)CC(C)(C)C. The number of nitrogens with one attached hydrogen (secondary N) is 1. The fraction of sp³-hybridized carbons (Fsp3) is 0.480. The molecular formula is C25H33FN2O2. The molecule has 0 spiro atoms. The lowest BCUT2D eigenvalue weighted by atomic mass is 9.92. The largest absolute Gasteiger partial charge is 0.369 e. The minimum absolute atomic E-state index is 0.147. The third kappa shape index (κ3) is 5.39. The predicted molar refractivity (Wildman–Crippen MR) is 120 cm³/mol. The summed E-state index contributed by atoms with van der Waals surface area (Å²) in [4.78, 5) is 14.4. The van der Waals surface area contributed by atoms with Gasteiger partial charge in [-0.15, -0.1) is 0 Å². The van der Waals surface area contributed by atoms with E-state index in [-0.39, 0.29) is 22.6 Å². The summed E-state index contributed by atoms with van der Waals surface area (Å²) in [6, 6.07) is 13.7. The molecule has 1 N–H and O–H groups in total. The van der Waals surface area contributed by atoms with Crippen LogP contribution in [0.4, 0.5) is 15.8 Å². The summed E-state index contributed by atoms with van der Waals surface area (Å²) in [5, 5.41) is 2.75. The first-order valence-corrected chi connectivity index (χ1v) is 10.6. The van der Waals surface area contributed by atoms with E-state index in [1.165, 1.54) is 6.07 Å². The molecule has 30 heavy (non-hydrogen) atoms. The van der Waals surface area contributed by atoms with Crippen LogP contribution in [-0.2, 0) is 15.1 Å². The minimum Gasteiger partial charge on any atom is -0.369 e. The second-order valence-electron chi connectivity index (χ2n) is 9.59. The van der Waals surface area contributed by atoms with Crippen molar-refractivity contribution in [2.75, 3.05) is 29.9 Å². The molecule has 4 nitrogen and oxygen atoms in total. The minimum atomic E-state index is -0.400. The number of anilines is 2. The van der Waals surface area contributed by atoms with Gasteiger partial charge in [0.15, 0.2) is 0 Å². The van der Waals surface area contributed by atoms with Gasteiger partial charge in [0, 0.05) is 25.2 Å². The fourth-order valence-electron chi connectivity index (χ4n) is 3.92. The van der Waals surface area contributed by atoms with Gasteiger partial charge in [0.05, 0.1) is 17.9 Å². The van der Waals surface area contributed by atoms with E-state index in [1.807, 2.05) is 52.0 Å². The lowest BCUT2D eigenvalue weighted by Crippen LogP contribution is -2.28. The number of ether oxygens (including phenoxy) is 1. The molecule has 2 aromatic carbocycles. The van der Waals surface area contributed by atoms with Crippen LogP contribution in [0.1, 0.15) is 51.7 Å². The van der Waals surface area contributed by atoms with Crippen LogP contribution in [-0.4, -0.2) is 25.6 Å². The first kappa shape index (κ1) is 22.3. The molecule has 0 aromatic heterocycles. The normalized spacial score (nSPS) is 20.0. The summed E-state index contributed by atoms with van der Waals surface area (Å²) >= 11 is 0. The van der Waals surface area contributed by atoms with Crippen molar-refractivity contribution >= 4 is 17.3 Å². The maximum Gasteiger partial charge on any atom is 0.224 e. The molecule has 0 radical (unpaired) electrons. The number of hydrogen-bond donors (Lipinski definition) is 1. The van der Waals surface area contributed by atoms with E-state index in [4.69, 9.17) is 4.74 Å². The second-order valence-corrected chi connectivity index (χ2v) is 9.59. The average molecular weight is 413 g/mol. The number of carbonyl (C=O) groups excluding carboxylic acids is 1. The number of aryl methyl sites for hydroxylation is 1. The summed E-state index contributed by atoms with van der Waals surface area (Å²) in [6.45, 7) is 11.9. The Kier molecular flexibility index (Phi) is 6.51. The van der Waals surface area contributed by atoms with Gasteiger partial charge >= 0.3 is 0 Å². The van der Waals surface area contributed by atoms with E-state index < -0.39 is 5.82 Å². The van der Waals surface area contributed by atoms with Crippen molar-refractivity contribution in [1.82, 2.24) is 0 Å². The van der Waals surface area contributed by atoms with Gasteiger partial charge in [-0.2, -0.15) is 0 Å². The van der Waals surface area contributed by atoms with Gasteiger partial charge < -0.3 is 15.0 Å². The molecule has 5 heteroatoms. The zero-order valence-electron chi connectivity index (χ0n) is 18.7. The lowest BCUT2D eigenvalue weighted by Gasteiger charge is -2.29. The molecule has 1 atom stereocenters. The van der Waals surface area contributed by atoms with Gasteiger partial charge in [0.1, 0.15) is 5.82 Å². The molecule has 2 aromatic rings. The van der Waals surface area contributed by atoms with Crippen LogP contribution in [0.5, 0.6) is 0 Å². The first-order chi connectivity index (χ1) is 14.1. The molecule has 0 unspecified atom stereocenters. The third-order valence-electron chi connectivity index (χ3n) is 5.62. The smallest absolute Gasteiger partial charge is 0.224 e. The van der Waals surface area contributed by atoms with Crippen LogP contribution >= 0.6 is 0 Å².